The summed E-state index contributed by atoms with van der Waals surface area (Å²) >= 11 is 4.39. The molecular weight excluding hydrogens is 388 g/mol. The zero-order valence-electron chi connectivity index (χ0n) is 13.9. The van der Waals surface area contributed by atoms with Crippen molar-refractivity contribution in [2.75, 3.05) is 5.32 Å². The summed E-state index contributed by atoms with van der Waals surface area (Å²) < 4.78 is 0. The number of hydrogen-bond donors (Lipinski definition) is 2. The molecule has 2 amide bonds. The Kier molecular flexibility index (Phi) is 4.68. The highest BCUT2D eigenvalue weighted by molar-refractivity contribution is 8.00. The van der Waals surface area contributed by atoms with Gasteiger partial charge in [0.2, 0.25) is 5.91 Å². The molecular formula is C17H16N4O2S3. The molecule has 1 atom stereocenters. The van der Waals surface area contributed by atoms with Gasteiger partial charge in [-0.05, 0) is 43.2 Å². The molecule has 0 spiro atoms. The Hall–Kier alpha value is -1.97. The van der Waals surface area contributed by atoms with Crippen LogP contribution >= 0.6 is 34.4 Å². The Morgan fingerprint density at radius 1 is 1.35 bits per heavy atom. The third-order valence-electron chi connectivity index (χ3n) is 4.29. The predicted molar refractivity (Wildman–Crippen MR) is 106 cm³/mol. The van der Waals surface area contributed by atoms with Crippen LogP contribution in [0.1, 0.15) is 34.1 Å². The highest BCUT2D eigenvalue weighted by atomic mass is 32.2. The van der Waals surface area contributed by atoms with Crippen molar-refractivity contribution < 1.29 is 9.59 Å². The zero-order chi connectivity index (χ0) is 18.3. The van der Waals surface area contributed by atoms with Gasteiger partial charge in [-0.25, -0.2) is 9.97 Å². The number of thioether (sulfide) groups is 1. The van der Waals surface area contributed by atoms with Crippen LogP contribution in [-0.4, -0.2) is 27.0 Å². The SMILES string of the molecule is CC(Sc1ncnc2sccc12)C(=O)Nc1sc2c(c1C(N)=O)CCC2. The summed E-state index contributed by atoms with van der Waals surface area (Å²) in [6, 6.07) is 1.96. The molecule has 1 unspecified atom stereocenters. The summed E-state index contributed by atoms with van der Waals surface area (Å²) in [5.74, 6) is -0.643. The van der Waals surface area contributed by atoms with E-state index in [0.29, 0.717) is 10.6 Å². The summed E-state index contributed by atoms with van der Waals surface area (Å²) in [6.07, 6.45) is 4.34. The maximum atomic E-state index is 12.7. The van der Waals surface area contributed by atoms with E-state index in [-0.39, 0.29) is 11.2 Å². The molecule has 26 heavy (non-hydrogen) atoms. The van der Waals surface area contributed by atoms with Crippen molar-refractivity contribution in [2.24, 2.45) is 5.73 Å². The lowest BCUT2D eigenvalue weighted by Crippen LogP contribution is -2.24. The number of carbonyl (C=O) groups excluding carboxylic acids is 2. The van der Waals surface area contributed by atoms with Gasteiger partial charge >= 0.3 is 0 Å². The standard InChI is InChI=1S/C17H16N4O2S3/c1-8(25-16-10-5-6-24-15(10)19-7-20-16)14(23)21-17-12(13(18)22)9-3-2-4-11(9)26-17/h5-8H,2-4H2,1H3,(H2,18,22)(H,21,23). The third kappa shape index (κ3) is 3.10. The van der Waals surface area contributed by atoms with E-state index < -0.39 is 5.91 Å². The summed E-state index contributed by atoms with van der Waals surface area (Å²) in [7, 11) is 0. The van der Waals surface area contributed by atoms with Crippen LogP contribution in [0.4, 0.5) is 5.00 Å². The highest BCUT2D eigenvalue weighted by Gasteiger charge is 2.27. The molecule has 0 bridgehead atoms. The van der Waals surface area contributed by atoms with E-state index >= 15 is 0 Å². The van der Waals surface area contributed by atoms with Gasteiger partial charge in [-0.1, -0.05) is 11.8 Å². The number of thiophene rings is 2. The van der Waals surface area contributed by atoms with Crippen LogP contribution in [0.5, 0.6) is 0 Å². The van der Waals surface area contributed by atoms with Gasteiger partial charge in [0.1, 0.15) is 21.2 Å². The minimum absolute atomic E-state index is 0.167. The number of primary amides is 1. The van der Waals surface area contributed by atoms with Gasteiger partial charge < -0.3 is 11.1 Å². The van der Waals surface area contributed by atoms with Crippen LogP contribution in [0.15, 0.2) is 22.8 Å². The van der Waals surface area contributed by atoms with Crippen LogP contribution in [0, 0.1) is 0 Å². The number of aryl methyl sites for hydroxylation is 1. The molecule has 1 aliphatic carbocycles. The number of carbonyl (C=O) groups is 2. The molecule has 9 heteroatoms. The van der Waals surface area contributed by atoms with Gasteiger partial charge in [-0.2, -0.15) is 0 Å². The smallest absolute Gasteiger partial charge is 0.251 e. The van der Waals surface area contributed by atoms with Crippen LogP contribution in [0.3, 0.4) is 0 Å². The van der Waals surface area contributed by atoms with E-state index in [1.807, 2.05) is 18.4 Å². The van der Waals surface area contributed by atoms with Crippen molar-refractivity contribution >= 4 is 61.5 Å². The average Bonchev–Trinajstić information content (AvgIpc) is 3.29. The van der Waals surface area contributed by atoms with Crippen LogP contribution in [0.2, 0.25) is 0 Å². The lowest BCUT2D eigenvalue weighted by atomic mass is 10.1. The Labute approximate surface area is 162 Å². The first kappa shape index (κ1) is 17.4. The Bertz CT molecular complexity index is 1010. The molecule has 3 aromatic rings. The lowest BCUT2D eigenvalue weighted by molar-refractivity contribution is -0.115. The quantitative estimate of drug-likeness (QED) is 0.501. The number of anilines is 1. The molecule has 0 aliphatic heterocycles. The second-order valence-electron chi connectivity index (χ2n) is 5.99. The molecule has 3 N–H and O–H groups in total. The van der Waals surface area contributed by atoms with Gasteiger partial charge in [-0.3, -0.25) is 9.59 Å². The molecule has 1 aliphatic rings. The van der Waals surface area contributed by atoms with Gasteiger partial charge in [0.15, 0.2) is 0 Å². The second-order valence-corrected chi connectivity index (χ2v) is 9.32. The van der Waals surface area contributed by atoms with Crippen LogP contribution in [0.25, 0.3) is 10.2 Å². The predicted octanol–water partition coefficient (Wildman–Crippen LogP) is 3.46. The molecule has 3 heterocycles. The largest absolute Gasteiger partial charge is 0.365 e. The zero-order valence-corrected chi connectivity index (χ0v) is 16.4. The van der Waals surface area contributed by atoms with E-state index in [1.54, 1.807) is 11.3 Å². The van der Waals surface area contributed by atoms with Crippen molar-refractivity contribution in [3.63, 3.8) is 0 Å². The third-order valence-corrected chi connectivity index (χ3v) is 7.43. The van der Waals surface area contributed by atoms with Crippen molar-refractivity contribution in [2.45, 2.75) is 36.5 Å². The maximum Gasteiger partial charge on any atom is 0.251 e. The average molecular weight is 405 g/mol. The molecule has 3 aromatic heterocycles. The highest BCUT2D eigenvalue weighted by Crippen LogP contribution is 2.39. The van der Waals surface area contributed by atoms with Crippen molar-refractivity contribution in [3.8, 4) is 0 Å². The molecule has 4 rings (SSSR count). The Balaban J connectivity index is 1.53. The number of fused-ring (bicyclic) bond motifs is 2. The van der Waals surface area contributed by atoms with Gasteiger partial charge in [0, 0.05) is 10.3 Å². The number of nitrogens with one attached hydrogen (secondary N) is 1. The minimum atomic E-state index is -0.476. The number of nitrogens with zero attached hydrogens (tertiary/aromatic N) is 2. The first-order valence-electron chi connectivity index (χ1n) is 8.14. The number of aromatic nitrogens is 2. The van der Waals surface area contributed by atoms with Crippen LogP contribution in [-0.2, 0) is 17.6 Å². The molecule has 0 fully saturated rings. The second kappa shape index (κ2) is 6.98. The Morgan fingerprint density at radius 2 is 2.19 bits per heavy atom. The number of hydrogen-bond acceptors (Lipinski definition) is 7. The molecule has 6 nitrogen and oxygen atoms in total. The summed E-state index contributed by atoms with van der Waals surface area (Å²) in [6.45, 7) is 1.82. The molecule has 0 saturated carbocycles. The normalized spacial score (nSPS) is 14.3. The van der Waals surface area contributed by atoms with Crippen LogP contribution < -0.4 is 11.1 Å². The fourth-order valence-corrected chi connectivity index (χ4v) is 6.04. The number of amides is 2. The fourth-order valence-electron chi connectivity index (χ4n) is 3.05. The minimum Gasteiger partial charge on any atom is -0.365 e. The molecule has 0 aromatic carbocycles. The lowest BCUT2D eigenvalue weighted by Gasteiger charge is -2.12. The van der Waals surface area contributed by atoms with Gasteiger partial charge in [0.05, 0.1) is 10.8 Å². The first-order chi connectivity index (χ1) is 12.5. The molecule has 0 radical (unpaired) electrons. The topological polar surface area (TPSA) is 98.0 Å². The summed E-state index contributed by atoms with van der Waals surface area (Å²) in [5.41, 5.74) is 7.04. The number of rotatable bonds is 5. The summed E-state index contributed by atoms with van der Waals surface area (Å²) in [4.78, 5) is 35.1. The maximum absolute atomic E-state index is 12.7. The molecule has 134 valence electrons. The molecule has 0 saturated heterocycles. The van der Waals surface area contributed by atoms with Crippen molar-refractivity contribution in [1.82, 2.24) is 9.97 Å². The van der Waals surface area contributed by atoms with Crippen molar-refractivity contribution in [3.05, 3.63) is 33.8 Å². The van der Waals surface area contributed by atoms with Gasteiger partial charge in [0.25, 0.3) is 5.91 Å². The van der Waals surface area contributed by atoms with E-state index in [9.17, 15) is 9.59 Å². The van der Waals surface area contributed by atoms with E-state index in [1.165, 1.54) is 29.4 Å². The fraction of sp³-hybridized carbons (Fsp3) is 0.294. The Morgan fingerprint density at radius 3 is 3.00 bits per heavy atom. The first-order valence-corrected chi connectivity index (χ1v) is 10.7. The monoisotopic (exact) mass is 404 g/mol. The van der Waals surface area contributed by atoms with E-state index in [4.69, 9.17) is 5.73 Å². The van der Waals surface area contributed by atoms with Gasteiger partial charge in [-0.15, -0.1) is 22.7 Å². The van der Waals surface area contributed by atoms with E-state index in [0.717, 1.165) is 44.9 Å². The van der Waals surface area contributed by atoms with Crippen molar-refractivity contribution in [1.29, 1.82) is 0 Å². The van der Waals surface area contributed by atoms with E-state index in [2.05, 4.69) is 15.3 Å². The number of nitrogens with two attached hydrogens (primary N) is 1. The summed E-state index contributed by atoms with van der Waals surface area (Å²) in [5, 5.41) is 6.80.